The van der Waals surface area contributed by atoms with E-state index in [1.54, 1.807) is 25.1 Å². The molecule has 0 atom stereocenters. The molecule has 0 saturated heterocycles. The Bertz CT molecular complexity index is 442. The highest BCUT2D eigenvalue weighted by atomic mass is 16.5. The van der Waals surface area contributed by atoms with Crippen LogP contribution in [0.2, 0.25) is 0 Å². The van der Waals surface area contributed by atoms with Crippen molar-refractivity contribution in [3.8, 4) is 0 Å². The van der Waals surface area contributed by atoms with E-state index in [-0.39, 0.29) is 11.9 Å². The molecule has 0 spiro atoms. The summed E-state index contributed by atoms with van der Waals surface area (Å²) in [6, 6.07) is 3.62. The Balaban J connectivity index is 2.51. The summed E-state index contributed by atoms with van der Waals surface area (Å²) in [5.74, 6) is -0.315. The van der Waals surface area contributed by atoms with Crippen molar-refractivity contribution in [3.63, 3.8) is 0 Å². The van der Waals surface area contributed by atoms with E-state index in [0.29, 0.717) is 38.2 Å². The predicted octanol–water partition coefficient (Wildman–Crippen LogP) is 1.16. The first-order valence-electron chi connectivity index (χ1n) is 6.56. The third kappa shape index (κ3) is 4.70. The summed E-state index contributed by atoms with van der Waals surface area (Å²) < 4.78 is 11.4. The molecule has 6 heteroatoms. The molecule has 0 aromatic carbocycles. The standard InChI is InChI=1S/C14H22N2O4/c1-15(8-5-7-13(17)20-3)14(18)12-6-4-9-16(12)10-11-19-2/h4,6,9H,5,7-8,10-11H2,1-3H3. The van der Waals surface area contributed by atoms with Crippen LogP contribution in [0.4, 0.5) is 0 Å². The lowest BCUT2D eigenvalue weighted by Crippen LogP contribution is -2.30. The van der Waals surface area contributed by atoms with Crippen LogP contribution in [0.15, 0.2) is 18.3 Å². The maximum Gasteiger partial charge on any atom is 0.305 e. The van der Waals surface area contributed by atoms with Crippen LogP contribution in [0, 0.1) is 0 Å². The molecule has 112 valence electrons. The van der Waals surface area contributed by atoms with E-state index in [1.807, 2.05) is 16.8 Å². The molecule has 0 saturated carbocycles. The van der Waals surface area contributed by atoms with Crippen LogP contribution < -0.4 is 0 Å². The molecule has 0 unspecified atom stereocenters. The first kappa shape index (κ1) is 16.2. The van der Waals surface area contributed by atoms with Gasteiger partial charge in [0.15, 0.2) is 0 Å². The van der Waals surface area contributed by atoms with Crippen molar-refractivity contribution in [1.29, 1.82) is 0 Å². The Hall–Kier alpha value is -1.82. The minimum absolute atomic E-state index is 0.0593. The van der Waals surface area contributed by atoms with Gasteiger partial charge in [0.05, 0.1) is 13.7 Å². The van der Waals surface area contributed by atoms with Gasteiger partial charge >= 0.3 is 5.97 Å². The second-order valence-corrected chi connectivity index (χ2v) is 4.49. The Morgan fingerprint density at radius 2 is 2.10 bits per heavy atom. The summed E-state index contributed by atoms with van der Waals surface area (Å²) in [6.45, 7) is 1.71. The molecule has 0 aliphatic heterocycles. The van der Waals surface area contributed by atoms with Crippen molar-refractivity contribution in [2.24, 2.45) is 0 Å². The van der Waals surface area contributed by atoms with Crippen LogP contribution in [0.1, 0.15) is 23.3 Å². The van der Waals surface area contributed by atoms with Crippen molar-refractivity contribution < 1.29 is 19.1 Å². The Kier molecular flexibility index (Phi) is 6.79. The smallest absolute Gasteiger partial charge is 0.305 e. The van der Waals surface area contributed by atoms with E-state index in [4.69, 9.17) is 4.74 Å². The van der Waals surface area contributed by atoms with Gasteiger partial charge in [-0.2, -0.15) is 0 Å². The van der Waals surface area contributed by atoms with Gasteiger partial charge in [0.1, 0.15) is 5.69 Å². The normalized spacial score (nSPS) is 10.3. The van der Waals surface area contributed by atoms with Crippen molar-refractivity contribution in [1.82, 2.24) is 9.47 Å². The molecule has 1 rings (SSSR count). The van der Waals surface area contributed by atoms with E-state index in [9.17, 15) is 9.59 Å². The van der Waals surface area contributed by atoms with Crippen LogP contribution in [0.25, 0.3) is 0 Å². The van der Waals surface area contributed by atoms with Gasteiger partial charge in [-0.15, -0.1) is 0 Å². The fraction of sp³-hybridized carbons (Fsp3) is 0.571. The lowest BCUT2D eigenvalue weighted by Gasteiger charge is -2.18. The highest BCUT2D eigenvalue weighted by molar-refractivity contribution is 5.92. The number of hydrogen-bond acceptors (Lipinski definition) is 4. The molecule has 0 aliphatic rings. The van der Waals surface area contributed by atoms with Crippen molar-refractivity contribution in [2.45, 2.75) is 19.4 Å². The minimum atomic E-state index is -0.255. The van der Waals surface area contributed by atoms with Gasteiger partial charge in [-0.25, -0.2) is 0 Å². The van der Waals surface area contributed by atoms with Crippen molar-refractivity contribution in [3.05, 3.63) is 24.0 Å². The molecule has 0 N–H and O–H groups in total. The summed E-state index contributed by atoms with van der Waals surface area (Å²) in [5.41, 5.74) is 0.627. The van der Waals surface area contributed by atoms with E-state index in [0.717, 1.165) is 0 Å². The zero-order chi connectivity index (χ0) is 15.0. The van der Waals surface area contributed by atoms with E-state index < -0.39 is 0 Å². The molecule has 0 fully saturated rings. The lowest BCUT2D eigenvalue weighted by molar-refractivity contribution is -0.140. The average molecular weight is 282 g/mol. The van der Waals surface area contributed by atoms with Gasteiger partial charge in [0, 0.05) is 39.9 Å². The average Bonchev–Trinajstić information content (AvgIpc) is 2.92. The number of hydrogen-bond donors (Lipinski definition) is 0. The molecule has 0 bridgehead atoms. The summed E-state index contributed by atoms with van der Waals surface area (Å²) in [5, 5.41) is 0. The topological polar surface area (TPSA) is 60.8 Å². The van der Waals surface area contributed by atoms with Gasteiger partial charge in [-0.3, -0.25) is 9.59 Å². The molecule has 20 heavy (non-hydrogen) atoms. The maximum atomic E-state index is 12.3. The van der Waals surface area contributed by atoms with Gasteiger partial charge in [-0.05, 0) is 18.6 Å². The molecule has 6 nitrogen and oxygen atoms in total. The fourth-order valence-electron chi connectivity index (χ4n) is 1.85. The van der Waals surface area contributed by atoms with E-state index in [2.05, 4.69) is 4.74 Å². The van der Waals surface area contributed by atoms with E-state index in [1.165, 1.54) is 7.11 Å². The molecule has 1 heterocycles. The number of methoxy groups -OCH3 is 2. The summed E-state index contributed by atoms with van der Waals surface area (Å²) in [4.78, 5) is 24.9. The highest BCUT2D eigenvalue weighted by Gasteiger charge is 2.15. The SMILES string of the molecule is COCCn1cccc1C(=O)N(C)CCCC(=O)OC. The molecular weight excluding hydrogens is 260 g/mol. The molecule has 1 aromatic heterocycles. The molecular formula is C14H22N2O4. The van der Waals surface area contributed by atoms with Gasteiger partial charge < -0.3 is 18.9 Å². The first-order valence-corrected chi connectivity index (χ1v) is 6.56. The quantitative estimate of drug-likeness (QED) is 0.671. The Morgan fingerprint density at radius 1 is 1.35 bits per heavy atom. The first-order chi connectivity index (χ1) is 9.60. The second kappa shape index (κ2) is 8.37. The maximum absolute atomic E-state index is 12.3. The van der Waals surface area contributed by atoms with E-state index >= 15 is 0 Å². The van der Waals surface area contributed by atoms with Gasteiger partial charge in [0.25, 0.3) is 5.91 Å². The number of esters is 1. The number of nitrogens with zero attached hydrogens (tertiary/aromatic N) is 2. The van der Waals surface area contributed by atoms with Crippen LogP contribution in [-0.4, -0.2) is 55.8 Å². The van der Waals surface area contributed by atoms with Crippen molar-refractivity contribution >= 4 is 11.9 Å². The minimum Gasteiger partial charge on any atom is -0.469 e. The third-order valence-electron chi connectivity index (χ3n) is 3.03. The molecule has 0 radical (unpaired) electrons. The molecule has 1 aromatic rings. The lowest BCUT2D eigenvalue weighted by atomic mass is 10.3. The zero-order valence-electron chi connectivity index (χ0n) is 12.3. The largest absolute Gasteiger partial charge is 0.469 e. The zero-order valence-corrected chi connectivity index (χ0v) is 12.3. The predicted molar refractivity (Wildman–Crippen MR) is 74.5 cm³/mol. The number of amides is 1. The van der Waals surface area contributed by atoms with Crippen LogP contribution in [0.3, 0.4) is 0 Å². The number of ether oxygens (including phenoxy) is 2. The summed E-state index contributed by atoms with van der Waals surface area (Å²) in [6.07, 6.45) is 2.76. The number of carbonyl (C=O) groups excluding carboxylic acids is 2. The molecule has 0 aliphatic carbocycles. The van der Waals surface area contributed by atoms with Crippen molar-refractivity contribution in [2.75, 3.05) is 34.4 Å². The summed E-state index contributed by atoms with van der Waals surface area (Å²) >= 11 is 0. The van der Waals surface area contributed by atoms with Crippen LogP contribution in [0.5, 0.6) is 0 Å². The van der Waals surface area contributed by atoms with Gasteiger partial charge in [0.2, 0.25) is 0 Å². The van der Waals surface area contributed by atoms with Crippen LogP contribution >= 0.6 is 0 Å². The highest BCUT2D eigenvalue weighted by Crippen LogP contribution is 2.07. The molecule has 1 amide bonds. The van der Waals surface area contributed by atoms with Gasteiger partial charge in [-0.1, -0.05) is 0 Å². The summed E-state index contributed by atoms with van der Waals surface area (Å²) in [7, 11) is 4.72. The number of aromatic nitrogens is 1. The second-order valence-electron chi connectivity index (χ2n) is 4.49. The number of rotatable bonds is 8. The Morgan fingerprint density at radius 3 is 2.75 bits per heavy atom. The van der Waals surface area contributed by atoms with Crippen LogP contribution in [-0.2, 0) is 20.8 Å². The number of carbonyl (C=O) groups is 2. The monoisotopic (exact) mass is 282 g/mol. The third-order valence-corrected chi connectivity index (χ3v) is 3.03. The fourth-order valence-corrected chi connectivity index (χ4v) is 1.85. The Labute approximate surface area is 119 Å².